The largest absolute Gasteiger partial charge is 0.502 e. The average Bonchev–Trinajstić information content (AvgIpc) is 3.38. The van der Waals surface area contributed by atoms with Gasteiger partial charge in [-0.15, -0.1) is 10.2 Å². The van der Waals surface area contributed by atoms with Crippen molar-refractivity contribution in [3.63, 3.8) is 0 Å². The third-order valence-corrected chi connectivity index (χ3v) is 9.06. The van der Waals surface area contributed by atoms with E-state index in [0.29, 0.717) is 30.8 Å². The molecule has 3 heterocycles. The number of benzene rings is 1. The van der Waals surface area contributed by atoms with Gasteiger partial charge in [0.25, 0.3) is 5.91 Å². The zero-order valence-corrected chi connectivity index (χ0v) is 23.3. The summed E-state index contributed by atoms with van der Waals surface area (Å²) in [5.41, 5.74) is -1.50. The van der Waals surface area contributed by atoms with Crippen LogP contribution in [0.1, 0.15) is 54.2 Å². The number of carbonyl (C=O) groups is 2. The van der Waals surface area contributed by atoms with E-state index < -0.39 is 34.4 Å². The van der Waals surface area contributed by atoms with Gasteiger partial charge in [-0.1, -0.05) is 24.3 Å². The van der Waals surface area contributed by atoms with Crippen LogP contribution in [0.3, 0.4) is 0 Å². The second-order valence-corrected chi connectivity index (χ2v) is 11.3. The number of pyridine rings is 1. The lowest BCUT2D eigenvalue weighted by atomic mass is 9.73. The van der Waals surface area contributed by atoms with E-state index in [-0.39, 0.29) is 46.1 Å². The fourth-order valence-electron chi connectivity index (χ4n) is 6.04. The maximum Gasteiger partial charge on any atom is 0.308 e. The van der Waals surface area contributed by atoms with Crippen molar-refractivity contribution in [1.82, 2.24) is 19.8 Å². The monoisotopic (exact) mass is 573 g/mol. The Labute approximate surface area is 232 Å². The minimum absolute atomic E-state index is 0.0284. The van der Waals surface area contributed by atoms with Crippen molar-refractivity contribution in [2.24, 2.45) is 11.8 Å². The van der Waals surface area contributed by atoms with Crippen LogP contribution in [0, 0.1) is 23.5 Å². The first-order valence-corrected chi connectivity index (χ1v) is 13.7. The summed E-state index contributed by atoms with van der Waals surface area (Å²) in [4.78, 5) is 41.0. The number of fused-ring (bicyclic) bond motifs is 1. The molecule has 3 aromatic rings. The number of hydrogen-bond donors (Lipinski definition) is 1. The normalized spacial score (nSPS) is 22.5. The highest BCUT2D eigenvalue weighted by Gasteiger charge is 2.53. The van der Waals surface area contributed by atoms with Crippen molar-refractivity contribution in [3.8, 4) is 16.3 Å². The predicted molar refractivity (Wildman–Crippen MR) is 143 cm³/mol. The van der Waals surface area contributed by atoms with E-state index in [2.05, 4.69) is 10.2 Å². The van der Waals surface area contributed by atoms with Gasteiger partial charge in [-0.3, -0.25) is 24.1 Å². The maximum absolute atomic E-state index is 14.2. The van der Waals surface area contributed by atoms with Crippen LogP contribution in [0.5, 0.6) is 5.75 Å². The van der Waals surface area contributed by atoms with E-state index >= 15 is 0 Å². The van der Waals surface area contributed by atoms with Gasteiger partial charge in [0, 0.05) is 32.3 Å². The smallest absolute Gasteiger partial charge is 0.308 e. The van der Waals surface area contributed by atoms with Crippen molar-refractivity contribution in [3.05, 3.63) is 62.5 Å². The molecule has 1 amide bonds. The molecule has 1 aliphatic carbocycles. The molecule has 1 N–H and O–H groups in total. The molecule has 3 atom stereocenters. The van der Waals surface area contributed by atoms with Gasteiger partial charge in [0.05, 0.1) is 18.6 Å². The molecule has 1 unspecified atom stereocenters. The Hall–Kier alpha value is -3.87. The first-order valence-electron chi connectivity index (χ1n) is 12.9. The molecule has 0 radical (unpaired) electrons. The van der Waals surface area contributed by atoms with E-state index in [1.807, 2.05) is 18.9 Å². The van der Waals surface area contributed by atoms with Gasteiger partial charge in [0.15, 0.2) is 16.5 Å². The lowest BCUT2D eigenvalue weighted by Gasteiger charge is -2.57. The van der Waals surface area contributed by atoms with Crippen molar-refractivity contribution in [2.75, 3.05) is 25.7 Å². The molecule has 40 heavy (non-hydrogen) atoms. The summed E-state index contributed by atoms with van der Waals surface area (Å²) in [6.07, 6.45) is 2.94. The Bertz CT molecular complexity index is 1560. The topological polar surface area (TPSA) is 118 Å². The number of halogens is 2. The summed E-state index contributed by atoms with van der Waals surface area (Å²) in [6, 6.07) is 3.25. The quantitative estimate of drug-likeness (QED) is 0.462. The highest BCUT2D eigenvalue weighted by Crippen LogP contribution is 2.45. The van der Waals surface area contributed by atoms with Crippen molar-refractivity contribution >= 4 is 23.2 Å². The highest BCUT2D eigenvalue weighted by atomic mass is 32.1. The number of methoxy groups -OCH3 is 1. The second-order valence-electron chi connectivity index (χ2n) is 10.2. The molecule has 0 saturated heterocycles. The van der Waals surface area contributed by atoms with Crippen molar-refractivity contribution < 1.29 is 28.2 Å². The van der Waals surface area contributed by atoms with Crippen LogP contribution in [0.25, 0.3) is 10.6 Å². The molecule has 1 spiro atoms. The lowest BCUT2D eigenvalue weighted by Crippen LogP contribution is -2.71. The van der Waals surface area contributed by atoms with Crippen LogP contribution in [0.4, 0.5) is 8.78 Å². The van der Waals surface area contributed by atoms with Crippen molar-refractivity contribution in [2.45, 2.75) is 45.2 Å². The molecule has 212 valence electrons. The zero-order chi connectivity index (χ0) is 28.9. The average molecular weight is 574 g/mol. The second kappa shape index (κ2) is 10.3. The van der Waals surface area contributed by atoms with Crippen LogP contribution in [-0.4, -0.2) is 63.1 Å². The fraction of sp³-hybridized carbons (Fsp3) is 0.444. The molecule has 1 saturated carbocycles. The Morgan fingerprint density at radius 3 is 2.67 bits per heavy atom. The first-order chi connectivity index (χ1) is 19.0. The molecular weight excluding hydrogens is 544 g/mol. The Kier molecular flexibility index (Phi) is 7.11. The van der Waals surface area contributed by atoms with Gasteiger partial charge in [-0.05, 0) is 43.7 Å². The van der Waals surface area contributed by atoms with Crippen molar-refractivity contribution in [1.29, 1.82) is 0 Å². The number of rotatable bonds is 5. The molecule has 2 aromatic heterocycles. The standard InChI is InChI=1S/C27H29F2N5O5S/c1-5-33-25(37)21-23(36)22(35)18(24-31-30-20(40-24)10-15-6-7-16(28)11-19(15)29)13-34(21)32(3)27(33)9-8-17(14(2)12-27)26(38)39-4/h6-7,11,13-14,17,36H,5,8-10,12H2,1-4H3/t14-,17-,27?/m1/s1. The summed E-state index contributed by atoms with van der Waals surface area (Å²) in [5, 5.41) is 21.5. The van der Waals surface area contributed by atoms with Gasteiger partial charge >= 0.3 is 5.97 Å². The minimum Gasteiger partial charge on any atom is -0.502 e. The summed E-state index contributed by atoms with van der Waals surface area (Å²) in [6.45, 7) is 4.11. The number of hydrogen-bond acceptors (Lipinski definition) is 9. The Morgan fingerprint density at radius 1 is 1.27 bits per heavy atom. The summed E-state index contributed by atoms with van der Waals surface area (Å²) < 4.78 is 33.9. The number of nitrogens with zero attached hydrogens (tertiary/aromatic N) is 5. The number of esters is 1. The van der Waals surface area contributed by atoms with Gasteiger partial charge in [0.2, 0.25) is 5.43 Å². The molecule has 10 nitrogen and oxygen atoms in total. The van der Waals surface area contributed by atoms with E-state index in [1.165, 1.54) is 24.0 Å². The van der Waals surface area contributed by atoms with Gasteiger partial charge < -0.3 is 14.7 Å². The maximum atomic E-state index is 14.2. The fourth-order valence-corrected chi connectivity index (χ4v) is 6.91. The minimum atomic E-state index is -0.812. The molecular formula is C27H29F2N5O5S. The van der Waals surface area contributed by atoms with Gasteiger partial charge in [-0.2, -0.15) is 0 Å². The van der Waals surface area contributed by atoms with Gasteiger partial charge in [0.1, 0.15) is 22.3 Å². The molecule has 1 fully saturated rings. The van der Waals surface area contributed by atoms with Gasteiger partial charge in [-0.25, -0.2) is 8.78 Å². The SMILES string of the molecule is CCN1C(=O)c2c(O)c(=O)c(-c3nnc(Cc4ccc(F)cc4F)s3)cn2N(C)C12CC[C@@H](C(=O)OC)[C@H](C)C2. The van der Waals surface area contributed by atoms with E-state index in [1.54, 1.807) is 11.9 Å². The number of amides is 1. The van der Waals surface area contributed by atoms with Crippen LogP contribution in [0.2, 0.25) is 0 Å². The predicted octanol–water partition coefficient (Wildman–Crippen LogP) is 3.29. The Balaban J connectivity index is 1.54. The lowest BCUT2D eigenvalue weighted by molar-refractivity contribution is -0.150. The molecule has 1 aliphatic heterocycles. The van der Waals surface area contributed by atoms with Crippen LogP contribution in [0.15, 0.2) is 29.2 Å². The van der Waals surface area contributed by atoms with E-state index in [9.17, 15) is 28.3 Å². The van der Waals surface area contributed by atoms with E-state index in [4.69, 9.17) is 4.74 Å². The summed E-state index contributed by atoms with van der Waals surface area (Å²) in [7, 11) is 3.14. The highest BCUT2D eigenvalue weighted by molar-refractivity contribution is 7.14. The Morgan fingerprint density at radius 2 is 2.02 bits per heavy atom. The van der Waals surface area contributed by atoms with Crippen LogP contribution < -0.4 is 10.4 Å². The molecule has 13 heteroatoms. The third kappa shape index (κ3) is 4.32. The summed E-state index contributed by atoms with van der Waals surface area (Å²) >= 11 is 1.04. The van der Waals surface area contributed by atoms with E-state index in [0.717, 1.165) is 23.5 Å². The van der Waals surface area contributed by atoms with Crippen LogP contribution >= 0.6 is 11.3 Å². The first kappa shape index (κ1) is 27.7. The zero-order valence-electron chi connectivity index (χ0n) is 22.5. The third-order valence-electron chi connectivity index (χ3n) is 8.11. The number of aromatic hydroxyl groups is 1. The number of carbonyl (C=O) groups excluding carboxylic acids is 2. The molecule has 5 rings (SSSR count). The number of aromatic nitrogens is 3. The molecule has 2 aliphatic rings. The summed E-state index contributed by atoms with van der Waals surface area (Å²) in [5.74, 6) is -3.30. The molecule has 1 aromatic carbocycles. The number of ether oxygens (including phenoxy) is 1. The molecule has 0 bridgehead atoms. The van der Waals surface area contributed by atoms with Crippen LogP contribution in [-0.2, 0) is 16.0 Å².